The molecule has 0 aromatic heterocycles. The number of imide groups is 2. The summed E-state index contributed by atoms with van der Waals surface area (Å²) in [5.74, 6) is -0.879. The van der Waals surface area contributed by atoms with Crippen LogP contribution in [0.2, 0.25) is 5.02 Å². The van der Waals surface area contributed by atoms with Crippen molar-refractivity contribution in [2.45, 2.75) is 20.5 Å². The summed E-state index contributed by atoms with van der Waals surface area (Å²) < 4.78 is 12.2. The molecule has 7 nitrogen and oxygen atoms in total. The number of halogens is 2. The van der Waals surface area contributed by atoms with E-state index in [-0.39, 0.29) is 17.2 Å². The quantitative estimate of drug-likeness (QED) is 0.292. The molecule has 184 valence electrons. The zero-order valence-corrected chi connectivity index (χ0v) is 22.1. The third-order valence-corrected chi connectivity index (χ3v) is 6.74. The first-order valence-corrected chi connectivity index (χ1v) is 12.1. The molecule has 1 aliphatic heterocycles. The monoisotopic (exact) mass is 568 g/mol. The second-order valence-corrected chi connectivity index (χ2v) is 9.46. The fourth-order valence-corrected chi connectivity index (χ4v) is 4.15. The van der Waals surface area contributed by atoms with Crippen molar-refractivity contribution < 1.29 is 23.9 Å². The number of hydrogen-bond acceptors (Lipinski definition) is 5. The number of ether oxygens (including phenoxy) is 2. The molecule has 0 aliphatic carbocycles. The van der Waals surface area contributed by atoms with Gasteiger partial charge in [-0.3, -0.25) is 14.9 Å². The van der Waals surface area contributed by atoms with E-state index >= 15 is 0 Å². The van der Waals surface area contributed by atoms with Crippen molar-refractivity contribution in [3.05, 3.63) is 91.9 Å². The molecule has 0 saturated carbocycles. The molecule has 4 amide bonds. The number of nitrogens with one attached hydrogen (secondary N) is 1. The molecule has 1 saturated heterocycles. The smallest absolute Gasteiger partial charge is 0.335 e. The van der Waals surface area contributed by atoms with Crippen molar-refractivity contribution in [1.82, 2.24) is 5.32 Å². The van der Waals surface area contributed by atoms with E-state index in [2.05, 4.69) is 21.2 Å². The number of methoxy groups -OCH3 is 1. The zero-order valence-electron chi connectivity index (χ0n) is 19.7. The molecule has 3 aromatic rings. The molecule has 0 radical (unpaired) electrons. The van der Waals surface area contributed by atoms with Crippen LogP contribution in [0.1, 0.15) is 22.3 Å². The van der Waals surface area contributed by atoms with Gasteiger partial charge >= 0.3 is 6.03 Å². The standard InChI is InChI=1S/C27H22BrClN2O5/c1-15-4-6-17(7-5-15)14-36-24-22(29)12-18(13-23(24)35-3)11-20-25(32)30-27(34)31(26(20)33)19-8-9-21(28)16(2)10-19/h4-13H,14H2,1-3H3,(H,30,32,34)/b20-11+. The molecule has 1 heterocycles. The Bertz CT molecular complexity index is 1400. The number of urea groups is 1. The van der Waals surface area contributed by atoms with E-state index in [1.165, 1.54) is 13.2 Å². The van der Waals surface area contributed by atoms with Gasteiger partial charge in [-0.25, -0.2) is 9.69 Å². The van der Waals surface area contributed by atoms with Gasteiger partial charge in [0, 0.05) is 4.47 Å². The maximum Gasteiger partial charge on any atom is 0.335 e. The number of carbonyl (C=O) groups excluding carboxylic acids is 3. The van der Waals surface area contributed by atoms with Crippen molar-refractivity contribution in [3.63, 3.8) is 0 Å². The molecule has 1 N–H and O–H groups in total. The Morgan fingerprint density at radius 2 is 1.75 bits per heavy atom. The molecule has 9 heteroatoms. The highest BCUT2D eigenvalue weighted by atomic mass is 79.9. The topological polar surface area (TPSA) is 84.9 Å². The molecular weight excluding hydrogens is 548 g/mol. The Morgan fingerprint density at radius 3 is 2.42 bits per heavy atom. The highest BCUT2D eigenvalue weighted by Crippen LogP contribution is 2.38. The van der Waals surface area contributed by atoms with E-state index in [1.807, 2.05) is 38.1 Å². The Balaban J connectivity index is 1.64. The van der Waals surface area contributed by atoms with E-state index in [1.54, 1.807) is 30.3 Å². The minimum atomic E-state index is -0.820. The van der Waals surface area contributed by atoms with Gasteiger partial charge < -0.3 is 9.47 Å². The molecule has 0 unspecified atom stereocenters. The number of hydrogen-bond donors (Lipinski definition) is 1. The Labute approximate surface area is 221 Å². The SMILES string of the molecule is COc1cc(/C=C2\C(=O)NC(=O)N(c3ccc(Br)c(C)c3)C2=O)cc(Cl)c1OCc1ccc(C)cc1. The zero-order chi connectivity index (χ0) is 26.0. The van der Waals surface area contributed by atoms with E-state index < -0.39 is 17.8 Å². The summed E-state index contributed by atoms with van der Waals surface area (Å²) in [6.07, 6.45) is 1.36. The Hall–Kier alpha value is -3.62. The van der Waals surface area contributed by atoms with Crippen molar-refractivity contribution >= 4 is 57.1 Å². The normalized spacial score (nSPS) is 14.8. The van der Waals surface area contributed by atoms with E-state index in [9.17, 15) is 14.4 Å². The minimum Gasteiger partial charge on any atom is -0.493 e. The molecule has 4 rings (SSSR count). The van der Waals surface area contributed by atoms with Crippen molar-refractivity contribution in [2.24, 2.45) is 0 Å². The average Bonchev–Trinajstić information content (AvgIpc) is 2.84. The number of nitrogens with zero attached hydrogens (tertiary/aromatic N) is 1. The number of benzene rings is 3. The maximum atomic E-state index is 13.2. The summed E-state index contributed by atoms with van der Waals surface area (Å²) in [7, 11) is 1.47. The highest BCUT2D eigenvalue weighted by molar-refractivity contribution is 9.10. The molecule has 36 heavy (non-hydrogen) atoms. The predicted molar refractivity (Wildman–Crippen MR) is 141 cm³/mol. The van der Waals surface area contributed by atoms with Gasteiger partial charge in [-0.05, 0) is 66.9 Å². The van der Waals surface area contributed by atoms with Gasteiger partial charge in [0.2, 0.25) is 0 Å². The van der Waals surface area contributed by atoms with Crippen LogP contribution in [0.25, 0.3) is 6.08 Å². The number of barbiturate groups is 1. The molecule has 0 bridgehead atoms. The van der Waals surface area contributed by atoms with Crippen molar-refractivity contribution in [2.75, 3.05) is 12.0 Å². The Kier molecular flexibility index (Phi) is 7.47. The minimum absolute atomic E-state index is 0.221. The summed E-state index contributed by atoms with van der Waals surface area (Å²) in [4.78, 5) is 39.2. The summed E-state index contributed by atoms with van der Waals surface area (Å²) in [6.45, 7) is 4.12. The van der Waals surface area contributed by atoms with Crippen molar-refractivity contribution in [1.29, 1.82) is 0 Å². The predicted octanol–water partition coefficient (Wildman–Crippen LogP) is 5.97. The first-order chi connectivity index (χ1) is 17.2. The largest absolute Gasteiger partial charge is 0.493 e. The lowest BCUT2D eigenvalue weighted by atomic mass is 10.1. The third kappa shape index (κ3) is 5.29. The molecule has 0 spiro atoms. The van der Waals surface area contributed by atoms with Crippen LogP contribution in [0.3, 0.4) is 0 Å². The number of aryl methyl sites for hydroxylation is 2. The molecular formula is C27H22BrClN2O5. The number of anilines is 1. The van der Waals surface area contributed by atoms with Crippen LogP contribution >= 0.6 is 27.5 Å². The third-order valence-electron chi connectivity index (χ3n) is 5.57. The fourth-order valence-electron chi connectivity index (χ4n) is 3.63. The van der Waals surface area contributed by atoms with Gasteiger partial charge in [0.25, 0.3) is 11.8 Å². The second-order valence-electron chi connectivity index (χ2n) is 8.20. The van der Waals surface area contributed by atoms with E-state index in [0.717, 1.165) is 26.1 Å². The van der Waals surface area contributed by atoms with E-state index in [0.29, 0.717) is 22.7 Å². The fraction of sp³-hybridized carbons (Fsp3) is 0.148. The maximum absolute atomic E-state index is 13.2. The molecule has 1 aliphatic rings. The first-order valence-electron chi connectivity index (χ1n) is 10.9. The number of rotatable bonds is 6. The summed E-state index contributed by atoms with van der Waals surface area (Å²) in [5, 5.41) is 2.46. The van der Waals surface area contributed by atoms with Gasteiger partial charge in [-0.1, -0.05) is 57.4 Å². The van der Waals surface area contributed by atoms with Gasteiger partial charge in [-0.2, -0.15) is 0 Å². The van der Waals surface area contributed by atoms with Gasteiger partial charge in [-0.15, -0.1) is 0 Å². The molecule has 1 fully saturated rings. The number of carbonyl (C=O) groups is 3. The summed E-state index contributed by atoms with van der Waals surface area (Å²) in [6, 6.07) is 15.3. The van der Waals surface area contributed by atoms with Crippen LogP contribution in [0.5, 0.6) is 11.5 Å². The lowest BCUT2D eigenvalue weighted by Gasteiger charge is -2.26. The van der Waals surface area contributed by atoms with E-state index in [4.69, 9.17) is 21.1 Å². The lowest BCUT2D eigenvalue weighted by molar-refractivity contribution is -0.122. The van der Waals surface area contributed by atoms with Gasteiger partial charge in [0.1, 0.15) is 12.2 Å². The molecule has 0 atom stereocenters. The van der Waals surface area contributed by atoms with Gasteiger partial charge in [0.05, 0.1) is 17.8 Å². The number of amides is 4. The summed E-state index contributed by atoms with van der Waals surface area (Å²) in [5.41, 5.74) is 3.48. The summed E-state index contributed by atoms with van der Waals surface area (Å²) >= 11 is 9.88. The molecule has 3 aromatic carbocycles. The lowest BCUT2D eigenvalue weighted by Crippen LogP contribution is -2.54. The van der Waals surface area contributed by atoms with Crippen LogP contribution < -0.4 is 19.7 Å². The van der Waals surface area contributed by atoms with Crippen LogP contribution in [0, 0.1) is 13.8 Å². The van der Waals surface area contributed by atoms with Crippen LogP contribution in [0.4, 0.5) is 10.5 Å². The van der Waals surface area contributed by atoms with Crippen LogP contribution in [-0.4, -0.2) is 25.0 Å². The highest BCUT2D eigenvalue weighted by Gasteiger charge is 2.37. The van der Waals surface area contributed by atoms with Crippen LogP contribution in [-0.2, 0) is 16.2 Å². The van der Waals surface area contributed by atoms with Crippen LogP contribution in [0.15, 0.2) is 64.6 Å². The Morgan fingerprint density at radius 1 is 1.03 bits per heavy atom. The van der Waals surface area contributed by atoms with Crippen molar-refractivity contribution in [3.8, 4) is 11.5 Å². The second kappa shape index (κ2) is 10.6. The first kappa shape index (κ1) is 25.5. The van der Waals surface area contributed by atoms with Gasteiger partial charge in [0.15, 0.2) is 11.5 Å². The average molecular weight is 570 g/mol.